The third-order valence-electron chi connectivity index (χ3n) is 2.69. The summed E-state index contributed by atoms with van der Waals surface area (Å²) in [5.41, 5.74) is 6.36. The number of carbonyl (C=O) groups is 1. The van der Waals surface area contributed by atoms with Crippen LogP contribution in [-0.2, 0) is 6.54 Å². The van der Waals surface area contributed by atoms with Crippen molar-refractivity contribution in [1.29, 1.82) is 0 Å². The number of benzene rings is 1. The first-order valence-electron chi connectivity index (χ1n) is 6.55. The van der Waals surface area contributed by atoms with Crippen molar-refractivity contribution in [3.8, 4) is 5.75 Å². The smallest absolute Gasteiger partial charge is 0.259 e. The molecular weight excluding hydrogens is 292 g/mol. The monoisotopic (exact) mass is 308 g/mol. The highest BCUT2D eigenvalue weighted by Crippen LogP contribution is 2.34. The number of ether oxygens (including phenoxy) is 1. The Morgan fingerprint density at radius 2 is 2.24 bits per heavy atom. The van der Waals surface area contributed by atoms with E-state index in [9.17, 15) is 4.79 Å². The van der Waals surface area contributed by atoms with Crippen LogP contribution in [0.5, 0.6) is 5.75 Å². The minimum atomic E-state index is -0.311. The van der Waals surface area contributed by atoms with E-state index in [-0.39, 0.29) is 18.6 Å². The summed E-state index contributed by atoms with van der Waals surface area (Å²) in [6.45, 7) is 4.02. The summed E-state index contributed by atoms with van der Waals surface area (Å²) in [7, 11) is 0. The highest BCUT2D eigenvalue weighted by atomic mass is 35.5. The number of hydrogen-bond acceptors (Lipinski definition) is 4. The maximum Gasteiger partial charge on any atom is 0.259 e. The molecule has 0 atom stereocenters. The molecule has 1 aromatic heterocycles. The average molecular weight is 309 g/mol. The van der Waals surface area contributed by atoms with Crippen molar-refractivity contribution in [1.82, 2.24) is 0 Å². The minimum absolute atomic E-state index is 0.0571. The molecule has 21 heavy (non-hydrogen) atoms. The Labute approximate surface area is 128 Å². The molecule has 2 aromatic rings. The van der Waals surface area contributed by atoms with Crippen molar-refractivity contribution in [3.05, 3.63) is 46.9 Å². The van der Waals surface area contributed by atoms with E-state index in [0.29, 0.717) is 27.8 Å². The zero-order valence-corrected chi connectivity index (χ0v) is 12.6. The van der Waals surface area contributed by atoms with Crippen LogP contribution in [0.1, 0.15) is 30.0 Å². The summed E-state index contributed by atoms with van der Waals surface area (Å²) in [6.07, 6.45) is 1.31. The normalized spacial score (nSPS) is 10.7. The maximum absolute atomic E-state index is 12.2. The lowest BCUT2D eigenvalue weighted by atomic mass is 10.2. The number of nitrogens with two attached hydrogens (primary N) is 1. The summed E-state index contributed by atoms with van der Waals surface area (Å²) >= 11 is 6.12. The topological polar surface area (TPSA) is 77.5 Å². The molecule has 6 heteroatoms. The Balaban J connectivity index is 2.22. The van der Waals surface area contributed by atoms with E-state index in [1.807, 2.05) is 13.8 Å². The average Bonchev–Trinajstić information content (AvgIpc) is 2.91. The molecule has 0 aliphatic carbocycles. The van der Waals surface area contributed by atoms with Crippen LogP contribution in [0.25, 0.3) is 0 Å². The molecule has 0 saturated carbocycles. The number of carbonyl (C=O) groups excluding carboxylic acids is 1. The van der Waals surface area contributed by atoms with Gasteiger partial charge in [0.05, 0.1) is 28.9 Å². The van der Waals surface area contributed by atoms with E-state index in [0.717, 1.165) is 0 Å². The molecule has 0 saturated heterocycles. The van der Waals surface area contributed by atoms with Crippen molar-refractivity contribution >= 4 is 23.2 Å². The van der Waals surface area contributed by atoms with Crippen LogP contribution in [0.4, 0.5) is 5.69 Å². The zero-order chi connectivity index (χ0) is 15.4. The number of nitrogens with one attached hydrogen (secondary N) is 1. The van der Waals surface area contributed by atoms with Crippen LogP contribution in [0.2, 0.25) is 5.02 Å². The summed E-state index contributed by atoms with van der Waals surface area (Å²) in [4.78, 5) is 12.2. The van der Waals surface area contributed by atoms with Gasteiger partial charge < -0.3 is 20.2 Å². The molecule has 0 spiro atoms. The molecule has 5 nitrogen and oxygen atoms in total. The second-order valence-electron chi connectivity index (χ2n) is 4.74. The van der Waals surface area contributed by atoms with Crippen molar-refractivity contribution in [2.24, 2.45) is 5.73 Å². The molecule has 1 amide bonds. The van der Waals surface area contributed by atoms with E-state index in [1.54, 1.807) is 24.3 Å². The van der Waals surface area contributed by atoms with Crippen molar-refractivity contribution < 1.29 is 13.9 Å². The quantitative estimate of drug-likeness (QED) is 0.887. The molecular formula is C15H17ClN2O3. The number of hydrogen-bond donors (Lipinski definition) is 2. The first-order chi connectivity index (χ1) is 10.0. The van der Waals surface area contributed by atoms with Crippen molar-refractivity contribution in [3.63, 3.8) is 0 Å². The Morgan fingerprint density at radius 1 is 1.48 bits per heavy atom. The van der Waals surface area contributed by atoms with Gasteiger partial charge in [-0.3, -0.25) is 4.79 Å². The number of rotatable bonds is 5. The Kier molecular flexibility index (Phi) is 4.88. The lowest BCUT2D eigenvalue weighted by Crippen LogP contribution is -2.14. The number of halogens is 1. The zero-order valence-electron chi connectivity index (χ0n) is 11.9. The molecule has 3 N–H and O–H groups in total. The molecule has 0 fully saturated rings. The first kappa shape index (κ1) is 15.4. The van der Waals surface area contributed by atoms with Gasteiger partial charge in [0.15, 0.2) is 5.75 Å². The maximum atomic E-state index is 12.2. The standard InChI is InChI=1S/C15H17ClN2O3/c1-9(2)21-14-12(16)4-3-5-13(14)18-15(19)10-6-11(7-17)20-8-10/h3-6,8-9H,7,17H2,1-2H3,(H,18,19). The number of amides is 1. The number of para-hydroxylation sites is 1. The van der Waals surface area contributed by atoms with Gasteiger partial charge in [0, 0.05) is 0 Å². The third-order valence-corrected chi connectivity index (χ3v) is 2.98. The van der Waals surface area contributed by atoms with Crippen molar-refractivity contribution in [2.75, 3.05) is 5.32 Å². The van der Waals surface area contributed by atoms with Gasteiger partial charge in [0.2, 0.25) is 0 Å². The van der Waals surface area contributed by atoms with Gasteiger partial charge in [-0.1, -0.05) is 17.7 Å². The highest BCUT2D eigenvalue weighted by Gasteiger charge is 2.15. The second-order valence-corrected chi connectivity index (χ2v) is 5.15. The lowest BCUT2D eigenvalue weighted by Gasteiger charge is -2.16. The van der Waals surface area contributed by atoms with E-state index in [2.05, 4.69) is 5.32 Å². The van der Waals surface area contributed by atoms with Gasteiger partial charge in [-0.05, 0) is 32.0 Å². The number of furan rings is 1. The van der Waals surface area contributed by atoms with Crippen LogP contribution in [0, 0.1) is 0 Å². The molecule has 0 bridgehead atoms. The van der Waals surface area contributed by atoms with Crippen molar-refractivity contribution in [2.45, 2.75) is 26.5 Å². The molecule has 0 radical (unpaired) electrons. The summed E-state index contributed by atoms with van der Waals surface area (Å²) in [6, 6.07) is 6.78. The van der Waals surface area contributed by atoms with E-state index in [1.165, 1.54) is 6.26 Å². The molecule has 0 aliphatic heterocycles. The van der Waals surface area contributed by atoms with Gasteiger partial charge in [-0.15, -0.1) is 0 Å². The van der Waals surface area contributed by atoms with Crippen LogP contribution in [-0.4, -0.2) is 12.0 Å². The minimum Gasteiger partial charge on any atom is -0.487 e. The molecule has 112 valence electrons. The van der Waals surface area contributed by atoms with E-state index in [4.69, 9.17) is 26.5 Å². The summed E-state index contributed by atoms with van der Waals surface area (Å²) in [5, 5.41) is 3.20. The molecule has 1 heterocycles. The molecule has 0 unspecified atom stereocenters. The molecule has 0 aliphatic rings. The third kappa shape index (κ3) is 3.77. The molecule has 1 aromatic carbocycles. The van der Waals surface area contributed by atoms with Gasteiger partial charge in [-0.25, -0.2) is 0 Å². The van der Waals surface area contributed by atoms with E-state index < -0.39 is 0 Å². The number of anilines is 1. The van der Waals surface area contributed by atoms with Gasteiger partial charge in [-0.2, -0.15) is 0 Å². The van der Waals surface area contributed by atoms with Gasteiger partial charge in [0.1, 0.15) is 12.0 Å². The van der Waals surface area contributed by atoms with Crippen LogP contribution < -0.4 is 15.8 Å². The van der Waals surface area contributed by atoms with Gasteiger partial charge in [0.25, 0.3) is 5.91 Å². The first-order valence-corrected chi connectivity index (χ1v) is 6.93. The highest BCUT2D eigenvalue weighted by molar-refractivity contribution is 6.32. The second kappa shape index (κ2) is 6.65. The predicted octanol–water partition coefficient (Wildman–Crippen LogP) is 3.43. The SMILES string of the molecule is CC(C)Oc1c(Cl)cccc1NC(=O)c1coc(CN)c1. The fourth-order valence-electron chi connectivity index (χ4n) is 1.76. The lowest BCUT2D eigenvalue weighted by molar-refractivity contribution is 0.102. The van der Waals surface area contributed by atoms with Gasteiger partial charge >= 0.3 is 0 Å². The Morgan fingerprint density at radius 3 is 2.86 bits per heavy atom. The molecule has 2 rings (SSSR count). The Bertz CT molecular complexity index is 638. The van der Waals surface area contributed by atoms with E-state index >= 15 is 0 Å². The van der Waals surface area contributed by atoms with Crippen LogP contribution in [0.3, 0.4) is 0 Å². The predicted molar refractivity (Wildman–Crippen MR) is 81.8 cm³/mol. The largest absolute Gasteiger partial charge is 0.487 e. The summed E-state index contributed by atoms with van der Waals surface area (Å²) < 4.78 is 10.8. The van der Waals surface area contributed by atoms with Crippen LogP contribution in [0.15, 0.2) is 34.9 Å². The fraction of sp³-hybridized carbons (Fsp3) is 0.267. The van der Waals surface area contributed by atoms with Crippen LogP contribution >= 0.6 is 11.6 Å². The Hall–Kier alpha value is -1.98. The fourth-order valence-corrected chi connectivity index (χ4v) is 1.98. The summed E-state index contributed by atoms with van der Waals surface area (Å²) in [5.74, 6) is 0.685.